The van der Waals surface area contributed by atoms with Gasteiger partial charge in [0.05, 0.1) is 13.7 Å². The second-order valence-corrected chi connectivity index (χ2v) is 8.55. The first kappa shape index (κ1) is 23.5. The number of ether oxygens (including phenoxy) is 4. The Hall–Kier alpha value is -2.68. The fourth-order valence-corrected chi connectivity index (χ4v) is 4.31. The van der Waals surface area contributed by atoms with Gasteiger partial charge in [-0.3, -0.25) is 4.79 Å². The Bertz CT molecular complexity index is 972. The van der Waals surface area contributed by atoms with E-state index in [1.54, 1.807) is 30.2 Å². The molecule has 0 spiro atoms. The number of methoxy groups -OCH3 is 1. The van der Waals surface area contributed by atoms with Crippen molar-refractivity contribution in [2.45, 2.75) is 38.0 Å². The lowest BCUT2D eigenvalue weighted by Gasteiger charge is -2.27. The summed E-state index contributed by atoms with van der Waals surface area (Å²) in [5.74, 6) is 2.74. The minimum absolute atomic E-state index is 0.0687. The number of carbonyl (C=O) groups is 1. The molecule has 178 valence electrons. The predicted molar refractivity (Wildman–Crippen MR) is 123 cm³/mol. The summed E-state index contributed by atoms with van der Waals surface area (Å²) in [4.78, 5) is 14.2. The van der Waals surface area contributed by atoms with Crippen molar-refractivity contribution in [3.63, 3.8) is 0 Å². The summed E-state index contributed by atoms with van der Waals surface area (Å²) in [7, 11) is 1.59. The lowest BCUT2D eigenvalue weighted by Crippen LogP contribution is -2.42. The highest BCUT2D eigenvalue weighted by Crippen LogP contribution is 2.36. The molecular weight excluding hydrogens is 448 g/mol. The van der Waals surface area contributed by atoms with E-state index in [4.69, 9.17) is 30.5 Å². The Morgan fingerprint density at radius 3 is 2.85 bits per heavy atom. The van der Waals surface area contributed by atoms with Crippen LogP contribution < -0.4 is 24.3 Å². The van der Waals surface area contributed by atoms with Gasteiger partial charge in [0.15, 0.2) is 11.5 Å². The zero-order valence-electron chi connectivity index (χ0n) is 18.6. The van der Waals surface area contributed by atoms with E-state index in [2.05, 4.69) is 5.32 Å². The Balaban J connectivity index is 1.22. The number of rotatable bonds is 11. The molecular formula is C24H29ClN2O6. The first-order valence-corrected chi connectivity index (χ1v) is 11.4. The first-order chi connectivity index (χ1) is 16.0. The topological polar surface area (TPSA) is 89.5 Å². The maximum Gasteiger partial charge on any atom is 0.231 e. The second-order valence-electron chi connectivity index (χ2n) is 8.14. The van der Waals surface area contributed by atoms with Gasteiger partial charge in [-0.15, -0.1) is 0 Å². The van der Waals surface area contributed by atoms with Gasteiger partial charge in [-0.2, -0.15) is 0 Å². The number of nitrogens with zero attached hydrogens (tertiary/aromatic N) is 1. The van der Waals surface area contributed by atoms with Gasteiger partial charge in [-0.05, 0) is 43.1 Å². The van der Waals surface area contributed by atoms with Crippen LogP contribution in [0.15, 0.2) is 36.4 Å². The number of carbonyl (C=O) groups excluding carboxylic acids is 1. The molecule has 2 aliphatic heterocycles. The van der Waals surface area contributed by atoms with E-state index in [0.717, 1.165) is 24.9 Å². The lowest BCUT2D eigenvalue weighted by atomic mass is 10.1. The highest BCUT2D eigenvalue weighted by molar-refractivity contribution is 6.31. The van der Waals surface area contributed by atoms with Crippen LogP contribution in [0.25, 0.3) is 0 Å². The molecule has 2 aromatic carbocycles. The van der Waals surface area contributed by atoms with Gasteiger partial charge in [-0.1, -0.05) is 17.7 Å². The van der Waals surface area contributed by atoms with E-state index in [-0.39, 0.29) is 31.9 Å². The highest BCUT2D eigenvalue weighted by Gasteiger charge is 2.32. The van der Waals surface area contributed by atoms with Crippen molar-refractivity contribution < 1.29 is 28.8 Å². The van der Waals surface area contributed by atoms with E-state index >= 15 is 0 Å². The quantitative estimate of drug-likeness (QED) is 0.482. The molecule has 0 radical (unpaired) electrons. The molecule has 4 rings (SSSR count). The summed E-state index contributed by atoms with van der Waals surface area (Å²) < 4.78 is 21.6. The molecule has 1 saturated heterocycles. The Morgan fingerprint density at radius 1 is 1.24 bits per heavy atom. The van der Waals surface area contributed by atoms with Crippen molar-refractivity contribution in [2.24, 2.45) is 0 Å². The maximum atomic E-state index is 12.4. The smallest absolute Gasteiger partial charge is 0.231 e. The average Bonchev–Trinajstić information content (AvgIpc) is 3.41. The lowest BCUT2D eigenvalue weighted by molar-refractivity contribution is -0.130. The minimum Gasteiger partial charge on any atom is -0.497 e. The first-order valence-electron chi connectivity index (χ1n) is 11.1. The van der Waals surface area contributed by atoms with Crippen molar-refractivity contribution >= 4 is 17.5 Å². The number of halogens is 1. The number of β-amino-alcohol motifs (C(OH)–C–C–N with tert-alkyl or cyclic N) is 1. The number of benzene rings is 2. The van der Waals surface area contributed by atoms with Gasteiger partial charge in [-0.25, -0.2) is 0 Å². The molecule has 1 fully saturated rings. The van der Waals surface area contributed by atoms with Gasteiger partial charge in [0.2, 0.25) is 12.7 Å². The normalized spacial score (nSPS) is 18.0. The minimum atomic E-state index is -0.777. The average molecular weight is 477 g/mol. The molecule has 2 aliphatic rings. The number of aliphatic hydroxyl groups is 1. The summed E-state index contributed by atoms with van der Waals surface area (Å²) in [6.07, 6.45) is 1.30. The molecule has 2 N–H and O–H groups in total. The number of hydrogen-bond acceptors (Lipinski definition) is 7. The monoisotopic (exact) mass is 476 g/mol. The Labute approximate surface area is 198 Å². The van der Waals surface area contributed by atoms with Crippen LogP contribution in [-0.2, 0) is 11.3 Å². The third kappa shape index (κ3) is 6.01. The summed E-state index contributed by atoms with van der Waals surface area (Å²) in [6.45, 7) is 1.87. The van der Waals surface area contributed by atoms with Crippen molar-refractivity contribution in [1.82, 2.24) is 10.2 Å². The van der Waals surface area contributed by atoms with Gasteiger partial charge in [0.25, 0.3) is 0 Å². The molecule has 8 nitrogen and oxygen atoms in total. The SMILES string of the molecule is COc1cccc(OC[C@H](O)CN2C(=O)CC[C@@H]2CCNCc2cc3c(cc2Cl)OCO3)c1. The molecule has 9 heteroatoms. The third-order valence-electron chi connectivity index (χ3n) is 5.85. The molecule has 0 aliphatic carbocycles. The summed E-state index contributed by atoms with van der Waals surface area (Å²) >= 11 is 6.33. The number of hydrogen-bond donors (Lipinski definition) is 2. The van der Waals surface area contributed by atoms with Crippen LogP contribution in [0.2, 0.25) is 5.02 Å². The van der Waals surface area contributed by atoms with E-state index < -0.39 is 6.10 Å². The second kappa shape index (κ2) is 11.0. The molecule has 0 unspecified atom stereocenters. The van der Waals surface area contributed by atoms with Gasteiger partial charge >= 0.3 is 0 Å². The summed E-state index contributed by atoms with van der Waals surface area (Å²) in [5, 5.41) is 14.5. The Kier molecular flexibility index (Phi) is 7.80. The fraction of sp³-hybridized carbons (Fsp3) is 0.458. The number of nitrogens with one attached hydrogen (secondary N) is 1. The zero-order chi connectivity index (χ0) is 23.2. The van der Waals surface area contributed by atoms with Gasteiger partial charge in [0, 0.05) is 36.2 Å². The van der Waals surface area contributed by atoms with Crippen molar-refractivity contribution in [3.8, 4) is 23.0 Å². The highest BCUT2D eigenvalue weighted by atomic mass is 35.5. The molecule has 33 heavy (non-hydrogen) atoms. The number of likely N-dealkylation sites (tertiary alicyclic amines) is 1. The maximum absolute atomic E-state index is 12.4. The van der Waals surface area contributed by atoms with Crippen molar-refractivity contribution in [1.29, 1.82) is 0 Å². The van der Waals surface area contributed by atoms with Crippen LogP contribution in [0.5, 0.6) is 23.0 Å². The molecule has 2 atom stereocenters. The number of amides is 1. The number of aliphatic hydroxyl groups excluding tert-OH is 1. The largest absolute Gasteiger partial charge is 0.497 e. The Morgan fingerprint density at radius 2 is 2.03 bits per heavy atom. The van der Waals surface area contributed by atoms with Crippen LogP contribution in [-0.4, -0.2) is 61.7 Å². The zero-order valence-corrected chi connectivity index (χ0v) is 19.3. The van der Waals surface area contributed by atoms with Crippen LogP contribution in [0.3, 0.4) is 0 Å². The molecule has 0 aromatic heterocycles. The predicted octanol–water partition coefficient (Wildman–Crippen LogP) is 2.99. The van der Waals surface area contributed by atoms with Gasteiger partial charge < -0.3 is 34.3 Å². The van der Waals surface area contributed by atoms with Gasteiger partial charge in [0.1, 0.15) is 24.2 Å². The molecule has 2 aromatic rings. The van der Waals surface area contributed by atoms with Crippen LogP contribution in [0.1, 0.15) is 24.8 Å². The summed E-state index contributed by atoms with van der Waals surface area (Å²) in [6, 6.07) is 11.0. The molecule has 2 heterocycles. The van der Waals surface area contributed by atoms with E-state index in [9.17, 15) is 9.90 Å². The van der Waals surface area contributed by atoms with Crippen molar-refractivity contribution in [3.05, 3.63) is 47.0 Å². The number of fused-ring (bicyclic) bond motifs is 1. The molecule has 0 saturated carbocycles. The van der Waals surface area contributed by atoms with Crippen molar-refractivity contribution in [2.75, 3.05) is 33.6 Å². The molecule has 1 amide bonds. The fourth-order valence-electron chi connectivity index (χ4n) is 4.09. The van der Waals surface area contributed by atoms with Crippen LogP contribution in [0, 0.1) is 0 Å². The van der Waals surface area contributed by atoms with Crippen LogP contribution in [0.4, 0.5) is 0 Å². The third-order valence-corrected chi connectivity index (χ3v) is 6.21. The molecule has 0 bridgehead atoms. The van der Waals surface area contributed by atoms with Crippen LogP contribution >= 0.6 is 11.6 Å². The standard InChI is InChI=1S/C24H29ClN2O6/c1-30-19-3-2-4-20(10-19)31-14-18(28)13-27-17(5-6-24(27)29)7-8-26-12-16-9-22-23(11-21(16)25)33-15-32-22/h2-4,9-11,17-18,26,28H,5-8,12-15H2,1H3/t17-,18-/m1/s1. The van der Waals surface area contributed by atoms with E-state index in [1.807, 2.05) is 18.2 Å². The summed E-state index contributed by atoms with van der Waals surface area (Å²) in [5.41, 5.74) is 0.936. The van der Waals surface area contributed by atoms with E-state index in [0.29, 0.717) is 41.0 Å². The van der Waals surface area contributed by atoms with E-state index in [1.165, 1.54) is 0 Å².